The Morgan fingerprint density at radius 3 is 2.21 bits per heavy atom. The monoisotopic (exact) mass is 411 g/mol. The number of ether oxygens (including phenoxy) is 1. The van der Waals surface area contributed by atoms with Crippen molar-refractivity contribution in [2.24, 2.45) is 0 Å². The first kappa shape index (κ1) is 20.0. The molecule has 3 rings (SSSR count). The summed E-state index contributed by atoms with van der Waals surface area (Å²) in [4.78, 5) is 12.8. The Bertz CT molecular complexity index is 971. The van der Waals surface area contributed by atoms with Crippen molar-refractivity contribution in [2.45, 2.75) is 0 Å². The molecule has 0 aromatic heterocycles. The molecular weight excluding hydrogens is 393 g/mol. The van der Waals surface area contributed by atoms with Gasteiger partial charge < -0.3 is 10.1 Å². The van der Waals surface area contributed by atoms with Gasteiger partial charge in [-0.25, -0.2) is 0 Å². The van der Waals surface area contributed by atoms with Crippen LogP contribution in [0.25, 0.3) is 11.6 Å². The van der Waals surface area contributed by atoms with E-state index in [0.717, 1.165) is 11.1 Å². The molecule has 0 aliphatic rings. The summed E-state index contributed by atoms with van der Waals surface area (Å²) in [6.45, 7) is 0.653. The molecule has 3 aromatic rings. The Hall–Kier alpha value is -2.75. The Morgan fingerprint density at radius 2 is 1.50 bits per heavy atom. The number of hydrogen-bond acceptors (Lipinski definition) is 2. The molecule has 0 radical (unpaired) electrons. The van der Waals surface area contributed by atoms with Gasteiger partial charge in [0.15, 0.2) is 0 Å². The number of carbonyl (C=O) groups excluding carboxylic acids is 1. The Balaban J connectivity index is 1.71. The largest absolute Gasteiger partial charge is 0.490 e. The van der Waals surface area contributed by atoms with Gasteiger partial charge in [-0.1, -0.05) is 83.9 Å². The molecular formula is C23H19Cl2NO2. The summed E-state index contributed by atoms with van der Waals surface area (Å²) in [5.74, 6) is 0.391. The first-order valence-corrected chi connectivity index (χ1v) is 9.58. The highest BCUT2D eigenvalue weighted by molar-refractivity contribution is 6.33. The van der Waals surface area contributed by atoms with E-state index in [0.29, 0.717) is 34.5 Å². The quantitative estimate of drug-likeness (QED) is 0.306. The van der Waals surface area contributed by atoms with Gasteiger partial charge in [-0.2, -0.15) is 0 Å². The number of carbonyl (C=O) groups is 1. The number of nitrogens with one attached hydrogen (secondary N) is 1. The van der Waals surface area contributed by atoms with E-state index in [-0.39, 0.29) is 5.91 Å². The fourth-order valence-corrected chi connectivity index (χ4v) is 3.01. The summed E-state index contributed by atoms with van der Waals surface area (Å²) in [6, 6.07) is 24.1. The molecule has 5 heteroatoms. The molecule has 0 fully saturated rings. The lowest BCUT2D eigenvalue weighted by Crippen LogP contribution is -2.28. The van der Waals surface area contributed by atoms with Crippen LogP contribution in [0.4, 0.5) is 0 Å². The van der Waals surface area contributed by atoms with E-state index < -0.39 is 0 Å². The predicted octanol–water partition coefficient (Wildman–Crippen LogP) is 5.73. The Labute approximate surface area is 174 Å². The number of rotatable bonds is 7. The van der Waals surface area contributed by atoms with Crippen LogP contribution in [-0.2, 0) is 4.79 Å². The maximum absolute atomic E-state index is 12.8. The Kier molecular flexibility index (Phi) is 7.12. The fraction of sp³-hybridized carbons (Fsp3) is 0.0870. The second kappa shape index (κ2) is 9.98. The van der Waals surface area contributed by atoms with E-state index >= 15 is 0 Å². The van der Waals surface area contributed by atoms with Gasteiger partial charge in [-0.3, -0.25) is 4.79 Å². The highest BCUT2D eigenvalue weighted by atomic mass is 35.5. The first-order valence-electron chi connectivity index (χ1n) is 8.82. The second-order valence-electron chi connectivity index (χ2n) is 5.98. The average molecular weight is 412 g/mol. The van der Waals surface area contributed by atoms with Gasteiger partial charge >= 0.3 is 0 Å². The SMILES string of the molecule is O=C(NCCOc1ccccc1Cl)/C(=C/c1ccccc1Cl)c1ccccc1. The minimum absolute atomic E-state index is 0.200. The normalized spacial score (nSPS) is 11.1. The van der Waals surface area contributed by atoms with Crippen LogP contribution in [0.15, 0.2) is 78.9 Å². The van der Waals surface area contributed by atoms with E-state index in [1.54, 1.807) is 24.3 Å². The lowest BCUT2D eigenvalue weighted by atomic mass is 10.0. The van der Waals surface area contributed by atoms with Crippen LogP contribution in [0.3, 0.4) is 0 Å². The highest BCUT2D eigenvalue weighted by Crippen LogP contribution is 2.24. The summed E-state index contributed by atoms with van der Waals surface area (Å²) in [6.07, 6.45) is 1.79. The van der Waals surface area contributed by atoms with Crippen molar-refractivity contribution in [2.75, 3.05) is 13.2 Å². The van der Waals surface area contributed by atoms with E-state index in [4.69, 9.17) is 27.9 Å². The minimum atomic E-state index is -0.200. The lowest BCUT2D eigenvalue weighted by Gasteiger charge is -2.12. The second-order valence-corrected chi connectivity index (χ2v) is 6.79. The molecule has 1 N–H and O–H groups in total. The van der Waals surface area contributed by atoms with Gasteiger partial charge in [-0.15, -0.1) is 0 Å². The fourth-order valence-electron chi connectivity index (χ4n) is 2.63. The molecule has 0 bridgehead atoms. The van der Waals surface area contributed by atoms with Gasteiger partial charge in [0.05, 0.1) is 11.6 Å². The van der Waals surface area contributed by atoms with Crippen molar-refractivity contribution >= 4 is 40.8 Å². The predicted molar refractivity (Wildman–Crippen MR) is 116 cm³/mol. The lowest BCUT2D eigenvalue weighted by molar-refractivity contribution is -0.115. The molecule has 0 saturated carbocycles. The maximum Gasteiger partial charge on any atom is 0.252 e. The van der Waals surface area contributed by atoms with Gasteiger partial charge in [0.2, 0.25) is 0 Å². The van der Waals surface area contributed by atoms with Crippen LogP contribution in [0.2, 0.25) is 10.0 Å². The summed E-state index contributed by atoms with van der Waals surface area (Å²) >= 11 is 12.3. The molecule has 0 saturated heterocycles. The number of halogens is 2. The van der Waals surface area contributed by atoms with E-state index in [1.165, 1.54) is 0 Å². The molecule has 3 aromatic carbocycles. The standard InChI is InChI=1S/C23H19Cl2NO2/c24-20-11-5-4-10-18(20)16-19(17-8-2-1-3-9-17)23(27)26-14-15-28-22-13-7-6-12-21(22)25/h1-13,16H,14-15H2,(H,26,27)/b19-16+. The highest BCUT2D eigenvalue weighted by Gasteiger charge is 2.12. The van der Waals surface area contributed by atoms with E-state index in [9.17, 15) is 4.79 Å². The zero-order chi connectivity index (χ0) is 19.8. The molecule has 0 spiro atoms. The van der Waals surface area contributed by atoms with Crippen LogP contribution in [-0.4, -0.2) is 19.1 Å². The number of benzene rings is 3. The van der Waals surface area contributed by atoms with E-state index in [1.807, 2.05) is 60.7 Å². The molecule has 0 unspecified atom stereocenters. The van der Waals surface area contributed by atoms with Crippen molar-refractivity contribution in [3.8, 4) is 5.75 Å². The van der Waals surface area contributed by atoms with Crippen LogP contribution in [0.1, 0.15) is 11.1 Å². The van der Waals surface area contributed by atoms with Crippen LogP contribution >= 0.6 is 23.2 Å². The molecule has 0 aliphatic carbocycles. The molecule has 142 valence electrons. The number of para-hydroxylation sites is 1. The zero-order valence-electron chi connectivity index (χ0n) is 15.1. The summed E-state index contributed by atoms with van der Waals surface area (Å²) in [5.41, 5.74) is 2.13. The van der Waals surface area contributed by atoms with Crippen molar-refractivity contribution in [3.05, 3.63) is 100 Å². The molecule has 1 amide bonds. The van der Waals surface area contributed by atoms with E-state index in [2.05, 4.69) is 5.32 Å². The third kappa shape index (κ3) is 5.38. The van der Waals surface area contributed by atoms with Gasteiger partial charge in [0, 0.05) is 10.6 Å². The summed E-state index contributed by atoms with van der Waals surface area (Å²) < 4.78 is 5.62. The van der Waals surface area contributed by atoms with Crippen LogP contribution in [0.5, 0.6) is 5.75 Å². The third-order valence-electron chi connectivity index (χ3n) is 4.02. The van der Waals surface area contributed by atoms with Gasteiger partial charge in [-0.05, 0) is 35.4 Å². The topological polar surface area (TPSA) is 38.3 Å². The number of hydrogen-bond donors (Lipinski definition) is 1. The molecule has 3 nitrogen and oxygen atoms in total. The molecule has 28 heavy (non-hydrogen) atoms. The Morgan fingerprint density at radius 1 is 0.857 bits per heavy atom. The number of amides is 1. The van der Waals surface area contributed by atoms with Crippen LogP contribution < -0.4 is 10.1 Å². The van der Waals surface area contributed by atoms with Crippen molar-refractivity contribution in [3.63, 3.8) is 0 Å². The summed E-state index contributed by atoms with van der Waals surface area (Å²) in [7, 11) is 0. The molecule has 0 aliphatic heterocycles. The molecule has 0 heterocycles. The third-order valence-corrected chi connectivity index (χ3v) is 4.67. The molecule has 0 atom stereocenters. The zero-order valence-corrected chi connectivity index (χ0v) is 16.6. The minimum Gasteiger partial charge on any atom is -0.490 e. The first-order chi connectivity index (χ1) is 13.6. The van der Waals surface area contributed by atoms with Gasteiger partial charge in [0.1, 0.15) is 12.4 Å². The maximum atomic E-state index is 12.8. The van der Waals surface area contributed by atoms with Gasteiger partial charge in [0.25, 0.3) is 5.91 Å². The van der Waals surface area contributed by atoms with Crippen molar-refractivity contribution in [1.82, 2.24) is 5.32 Å². The average Bonchev–Trinajstić information content (AvgIpc) is 2.72. The summed E-state index contributed by atoms with van der Waals surface area (Å²) in [5, 5.41) is 4.02. The van der Waals surface area contributed by atoms with Crippen molar-refractivity contribution < 1.29 is 9.53 Å². The smallest absolute Gasteiger partial charge is 0.252 e. The van der Waals surface area contributed by atoms with Crippen molar-refractivity contribution in [1.29, 1.82) is 0 Å². The van der Waals surface area contributed by atoms with Crippen LogP contribution in [0, 0.1) is 0 Å².